The van der Waals surface area contributed by atoms with Crippen LogP contribution >= 0.6 is 0 Å². The van der Waals surface area contributed by atoms with Crippen molar-refractivity contribution in [2.45, 2.75) is 111 Å². The maximum atomic E-state index is 11.0. The summed E-state index contributed by atoms with van der Waals surface area (Å²) in [4.78, 5) is 0. The van der Waals surface area contributed by atoms with Gasteiger partial charge in [-0.25, -0.2) is 0 Å². The van der Waals surface area contributed by atoms with Gasteiger partial charge in [-0.3, -0.25) is 0 Å². The minimum atomic E-state index is -0.133. The van der Waals surface area contributed by atoms with Crippen molar-refractivity contribution in [2.24, 2.45) is 46.3 Å². The van der Waals surface area contributed by atoms with Gasteiger partial charge in [0.15, 0.2) is 0 Å². The van der Waals surface area contributed by atoms with Gasteiger partial charge in [0, 0.05) is 0 Å². The standard InChI is InChI=1S/C27H46O2/c1-17(2)6-11-25(29)18(3)22-9-10-23-21-8-7-19-16-20(28)12-14-26(19,4)24(21)13-15-27(22,23)5/h7,17-18,20-25,28-29H,6,8-16H2,1-5H3. The van der Waals surface area contributed by atoms with E-state index in [2.05, 4.69) is 40.7 Å². The molecule has 2 heteroatoms. The third kappa shape index (κ3) is 3.65. The Morgan fingerprint density at radius 2 is 1.76 bits per heavy atom. The quantitative estimate of drug-likeness (QED) is 0.525. The first-order valence-corrected chi connectivity index (χ1v) is 12.7. The second-order valence-corrected chi connectivity index (χ2v) is 12.3. The molecule has 4 aliphatic rings. The highest BCUT2D eigenvalue weighted by Gasteiger charge is 2.59. The SMILES string of the molecule is CC(C)CCC(O)C(C)C1CCC2C3CC=C4CC(O)CCC4(C)C3CCC12C. The average molecular weight is 403 g/mol. The van der Waals surface area contributed by atoms with E-state index in [-0.39, 0.29) is 12.2 Å². The van der Waals surface area contributed by atoms with E-state index in [0.29, 0.717) is 28.6 Å². The molecule has 0 aromatic rings. The summed E-state index contributed by atoms with van der Waals surface area (Å²) in [5.41, 5.74) is 2.33. The summed E-state index contributed by atoms with van der Waals surface area (Å²) in [6.07, 6.45) is 14.1. The fourth-order valence-corrected chi connectivity index (χ4v) is 8.58. The van der Waals surface area contributed by atoms with Gasteiger partial charge in [-0.2, -0.15) is 0 Å². The van der Waals surface area contributed by atoms with E-state index in [9.17, 15) is 10.2 Å². The molecule has 29 heavy (non-hydrogen) atoms. The lowest BCUT2D eigenvalue weighted by Crippen LogP contribution is -2.51. The molecule has 4 aliphatic carbocycles. The van der Waals surface area contributed by atoms with Crippen molar-refractivity contribution < 1.29 is 10.2 Å². The van der Waals surface area contributed by atoms with Crippen molar-refractivity contribution in [1.82, 2.24) is 0 Å². The minimum absolute atomic E-state index is 0.108. The summed E-state index contributed by atoms with van der Waals surface area (Å²) in [6.45, 7) is 12.0. The first-order valence-electron chi connectivity index (χ1n) is 12.7. The molecule has 0 bridgehead atoms. The minimum Gasteiger partial charge on any atom is -0.393 e. The number of hydrogen-bond donors (Lipinski definition) is 2. The topological polar surface area (TPSA) is 40.5 Å². The van der Waals surface area contributed by atoms with Crippen molar-refractivity contribution >= 4 is 0 Å². The van der Waals surface area contributed by atoms with Crippen LogP contribution in [0.25, 0.3) is 0 Å². The molecule has 4 rings (SSSR count). The van der Waals surface area contributed by atoms with Gasteiger partial charge >= 0.3 is 0 Å². The summed E-state index contributed by atoms with van der Waals surface area (Å²) in [5.74, 6) is 4.25. The number of hydrogen-bond acceptors (Lipinski definition) is 2. The predicted octanol–water partition coefficient (Wildman–Crippen LogP) is 6.36. The van der Waals surface area contributed by atoms with Crippen molar-refractivity contribution in [3.05, 3.63) is 11.6 Å². The Hall–Kier alpha value is -0.340. The highest BCUT2D eigenvalue weighted by molar-refractivity contribution is 5.25. The first kappa shape index (κ1) is 21.9. The largest absolute Gasteiger partial charge is 0.393 e. The molecule has 0 spiro atoms. The third-order valence-corrected chi connectivity index (χ3v) is 10.4. The Morgan fingerprint density at radius 1 is 1.00 bits per heavy atom. The van der Waals surface area contributed by atoms with E-state index in [0.717, 1.165) is 43.4 Å². The second-order valence-electron chi connectivity index (χ2n) is 12.3. The maximum absolute atomic E-state index is 11.0. The van der Waals surface area contributed by atoms with Crippen LogP contribution in [0.2, 0.25) is 0 Å². The number of allylic oxidation sites excluding steroid dienone is 1. The van der Waals surface area contributed by atoms with Gasteiger partial charge < -0.3 is 10.2 Å². The van der Waals surface area contributed by atoms with Crippen LogP contribution in [0, 0.1) is 46.3 Å². The van der Waals surface area contributed by atoms with Gasteiger partial charge in [0.2, 0.25) is 0 Å². The van der Waals surface area contributed by atoms with Crippen molar-refractivity contribution in [1.29, 1.82) is 0 Å². The normalized spacial score (nSPS) is 46.5. The van der Waals surface area contributed by atoms with Crippen molar-refractivity contribution in [3.63, 3.8) is 0 Å². The summed E-state index contributed by atoms with van der Waals surface area (Å²) in [7, 11) is 0. The summed E-state index contributed by atoms with van der Waals surface area (Å²) >= 11 is 0. The number of fused-ring (bicyclic) bond motifs is 5. The number of aliphatic hydroxyl groups excluding tert-OH is 2. The van der Waals surface area contributed by atoms with Crippen LogP contribution in [0.5, 0.6) is 0 Å². The zero-order chi connectivity index (χ0) is 21.0. The van der Waals surface area contributed by atoms with E-state index in [4.69, 9.17) is 0 Å². The Morgan fingerprint density at radius 3 is 2.48 bits per heavy atom. The smallest absolute Gasteiger partial charge is 0.0577 e. The van der Waals surface area contributed by atoms with Gasteiger partial charge in [0.05, 0.1) is 12.2 Å². The van der Waals surface area contributed by atoms with E-state index in [1.807, 2.05) is 0 Å². The van der Waals surface area contributed by atoms with Crippen LogP contribution in [0.1, 0.15) is 98.8 Å². The molecule has 0 aromatic heterocycles. The Balaban J connectivity index is 1.51. The highest BCUT2D eigenvalue weighted by atomic mass is 16.3. The van der Waals surface area contributed by atoms with Gasteiger partial charge in [-0.15, -0.1) is 0 Å². The third-order valence-electron chi connectivity index (χ3n) is 10.4. The van der Waals surface area contributed by atoms with Gasteiger partial charge in [-0.1, -0.05) is 46.3 Å². The lowest BCUT2D eigenvalue weighted by molar-refractivity contribution is -0.0681. The second kappa shape index (κ2) is 7.97. The molecule has 2 N–H and O–H groups in total. The molecule has 0 aromatic carbocycles. The van der Waals surface area contributed by atoms with E-state index >= 15 is 0 Å². The van der Waals surface area contributed by atoms with E-state index in [1.54, 1.807) is 5.57 Å². The molecular weight excluding hydrogens is 356 g/mol. The first-order chi connectivity index (χ1) is 13.7. The molecule has 0 heterocycles. The number of rotatable bonds is 5. The molecule has 3 fully saturated rings. The maximum Gasteiger partial charge on any atom is 0.0577 e. The van der Waals surface area contributed by atoms with Crippen LogP contribution < -0.4 is 0 Å². The highest BCUT2D eigenvalue weighted by Crippen LogP contribution is 2.67. The molecule has 9 atom stereocenters. The Kier molecular flexibility index (Phi) is 6.01. The summed E-state index contributed by atoms with van der Waals surface area (Å²) < 4.78 is 0. The zero-order valence-corrected chi connectivity index (χ0v) is 19.7. The summed E-state index contributed by atoms with van der Waals surface area (Å²) in [5, 5.41) is 21.2. The molecule has 0 aliphatic heterocycles. The molecule has 2 nitrogen and oxygen atoms in total. The van der Waals surface area contributed by atoms with Crippen LogP contribution in [-0.4, -0.2) is 22.4 Å². The molecule has 0 amide bonds. The zero-order valence-electron chi connectivity index (χ0n) is 19.7. The average Bonchev–Trinajstić information content (AvgIpc) is 3.03. The number of aliphatic hydroxyl groups is 2. The van der Waals surface area contributed by atoms with Gasteiger partial charge in [-0.05, 0) is 111 Å². The van der Waals surface area contributed by atoms with E-state index < -0.39 is 0 Å². The van der Waals surface area contributed by atoms with Crippen LogP contribution in [-0.2, 0) is 0 Å². The molecule has 0 saturated heterocycles. The molecule has 166 valence electrons. The lowest BCUT2D eigenvalue weighted by atomic mass is 9.47. The Bertz CT molecular complexity index is 624. The van der Waals surface area contributed by atoms with Crippen LogP contribution in [0.4, 0.5) is 0 Å². The van der Waals surface area contributed by atoms with Crippen molar-refractivity contribution in [3.8, 4) is 0 Å². The van der Waals surface area contributed by atoms with Gasteiger partial charge in [0.1, 0.15) is 0 Å². The molecule has 3 saturated carbocycles. The monoisotopic (exact) mass is 402 g/mol. The predicted molar refractivity (Wildman–Crippen MR) is 120 cm³/mol. The molecule has 9 unspecified atom stereocenters. The van der Waals surface area contributed by atoms with Crippen molar-refractivity contribution in [2.75, 3.05) is 0 Å². The Labute approximate surface area is 179 Å². The molecular formula is C27H46O2. The van der Waals surface area contributed by atoms with Crippen LogP contribution in [0.15, 0.2) is 11.6 Å². The molecule has 0 radical (unpaired) electrons. The lowest BCUT2D eigenvalue weighted by Gasteiger charge is -2.58. The summed E-state index contributed by atoms with van der Waals surface area (Å²) in [6, 6.07) is 0. The van der Waals surface area contributed by atoms with Crippen LogP contribution in [0.3, 0.4) is 0 Å². The fourth-order valence-electron chi connectivity index (χ4n) is 8.58. The fraction of sp³-hybridized carbons (Fsp3) is 0.926. The van der Waals surface area contributed by atoms with Gasteiger partial charge in [0.25, 0.3) is 0 Å². The van der Waals surface area contributed by atoms with E-state index in [1.165, 1.54) is 38.5 Å².